The van der Waals surface area contributed by atoms with Gasteiger partial charge in [0.05, 0.1) is 0 Å². The van der Waals surface area contributed by atoms with Crippen molar-refractivity contribution in [3.05, 3.63) is 11.1 Å². The smallest absolute Gasteiger partial charge is 0.427 e. The third-order valence-electron chi connectivity index (χ3n) is 0. The van der Waals surface area contributed by atoms with Gasteiger partial charge in [0, 0.05) is 0 Å². The van der Waals surface area contributed by atoms with Gasteiger partial charge in [-0.1, -0.05) is 0 Å². The molecule has 0 aliphatic heterocycles. The number of nitrogens with two attached hydrogens (primary N) is 2. The Balaban J connectivity index is -0.0000000400. The number of nitrogens with zero attached hydrogens (tertiary/aromatic N) is 4. The molecular formula is H4N6Sr. The molecule has 0 heterocycles. The Morgan fingerprint density at radius 3 is 1.00 bits per heavy atom. The van der Waals surface area contributed by atoms with Crippen molar-refractivity contribution in [1.82, 2.24) is 0 Å². The van der Waals surface area contributed by atoms with Crippen molar-refractivity contribution in [3.63, 3.8) is 0 Å². The first kappa shape index (κ1) is 15.7. The summed E-state index contributed by atoms with van der Waals surface area (Å²) in [5.41, 5.74) is 13.9. The molecule has 0 aromatic rings. The van der Waals surface area contributed by atoms with Crippen LogP contribution in [0.3, 0.4) is 0 Å². The van der Waals surface area contributed by atoms with E-state index < -0.39 is 0 Å². The van der Waals surface area contributed by atoms with Crippen molar-refractivity contribution < 1.29 is 0 Å². The minimum absolute atomic E-state index is 0. The van der Waals surface area contributed by atoms with Gasteiger partial charge in [0.2, 0.25) is 0 Å². The fourth-order valence-electron chi connectivity index (χ4n) is 0. The van der Waals surface area contributed by atoms with Crippen LogP contribution in [0, 0.1) is 0 Å². The van der Waals surface area contributed by atoms with E-state index in [1.165, 1.54) is 0 Å². The number of rotatable bonds is 0. The molecule has 7 heteroatoms. The van der Waals surface area contributed by atoms with Crippen LogP contribution >= 0.6 is 0 Å². The molecule has 36 valence electrons. The zero-order valence-electron chi connectivity index (χ0n) is 3.65. The fraction of sp³-hybridized carbons (Fsp3) is 0. The molecule has 6 nitrogen and oxygen atoms in total. The molecule has 4 N–H and O–H groups in total. The fourth-order valence-corrected chi connectivity index (χ4v) is 0. The number of hydrogen-bond acceptors (Lipinski definition) is 2. The molecule has 0 spiro atoms. The molecule has 0 fully saturated rings. The van der Waals surface area contributed by atoms with Gasteiger partial charge in [-0.15, -0.1) is 0 Å². The Morgan fingerprint density at radius 2 is 1.00 bits per heavy atom. The van der Waals surface area contributed by atoms with E-state index >= 15 is 0 Å². The van der Waals surface area contributed by atoms with Crippen LogP contribution in [0.1, 0.15) is 0 Å². The molecule has 0 aromatic carbocycles. The average molecular weight is 176 g/mol. The Labute approximate surface area is 77.9 Å². The second-order valence-corrected chi connectivity index (χ2v) is 0.231. The van der Waals surface area contributed by atoms with E-state index in [4.69, 9.17) is 11.1 Å². The largest absolute Gasteiger partial charge is 2.00 e. The molecule has 7 heavy (non-hydrogen) atoms. The van der Waals surface area contributed by atoms with Crippen molar-refractivity contribution in [1.29, 1.82) is 0 Å². The Morgan fingerprint density at radius 1 is 1.00 bits per heavy atom. The summed E-state index contributed by atoms with van der Waals surface area (Å²) in [6.07, 6.45) is 0. The summed E-state index contributed by atoms with van der Waals surface area (Å²) in [4.78, 5) is 0. The zero-order chi connectivity index (χ0) is 5.41. The van der Waals surface area contributed by atoms with Crippen LogP contribution in [0.4, 0.5) is 0 Å². The molecule has 0 rings (SSSR count). The van der Waals surface area contributed by atoms with E-state index in [1.807, 2.05) is 10.4 Å². The summed E-state index contributed by atoms with van der Waals surface area (Å²) in [6.45, 7) is 0. The molecule has 0 bridgehead atoms. The van der Waals surface area contributed by atoms with Crippen molar-refractivity contribution in [2.24, 2.45) is 22.1 Å². The van der Waals surface area contributed by atoms with Crippen molar-refractivity contribution in [2.45, 2.75) is 0 Å². The van der Waals surface area contributed by atoms with Crippen LogP contribution < -0.4 is 11.7 Å². The second-order valence-electron chi connectivity index (χ2n) is 0.231. The van der Waals surface area contributed by atoms with E-state index in [9.17, 15) is 0 Å². The molecule has 0 aromatic heterocycles. The normalized spacial score (nSPS) is 3.43. The summed E-state index contributed by atoms with van der Waals surface area (Å²) < 4.78 is 0. The van der Waals surface area contributed by atoms with Crippen molar-refractivity contribution >= 4 is 45.5 Å². The van der Waals surface area contributed by atoms with E-state index in [1.54, 1.807) is 0 Å². The molecule has 0 amide bonds. The van der Waals surface area contributed by atoms with Gasteiger partial charge in [-0.05, 0) is 0 Å². The van der Waals surface area contributed by atoms with Crippen LogP contribution in [-0.4, -0.2) is 45.5 Å². The standard InChI is InChI=1S/2H2N3.Sr/c2*1-3-2;/h2*(H2-,1,2);/q2*-1;+2. The summed E-state index contributed by atoms with van der Waals surface area (Å²) in [7, 11) is 0. The van der Waals surface area contributed by atoms with E-state index in [0.717, 1.165) is 0 Å². The first-order valence-corrected chi connectivity index (χ1v) is 0.916. The monoisotopic (exact) mass is 176 g/mol. The van der Waals surface area contributed by atoms with E-state index in [2.05, 4.69) is 11.7 Å². The SMILES string of the molecule is [N-]=NN.[N-]=NN.[Sr+2]. The Hall–Kier alpha value is 0.281. The van der Waals surface area contributed by atoms with E-state index in [-0.39, 0.29) is 45.5 Å². The first-order valence-electron chi connectivity index (χ1n) is 0.916. The molecule has 0 radical (unpaired) electrons. The van der Waals surface area contributed by atoms with Crippen molar-refractivity contribution in [2.75, 3.05) is 0 Å². The summed E-state index contributed by atoms with van der Waals surface area (Å²) in [5.74, 6) is 8.06. The van der Waals surface area contributed by atoms with Crippen molar-refractivity contribution in [3.8, 4) is 0 Å². The number of hydrogen-bond donors (Lipinski definition) is 2. The van der Waals surface area contributed by atoms with Crippen LogP contribution in [0.5, 0.6) is 0 Å². The van der Waals surface area contributed by atoms with E-state index in [0.29, 0.717) is 0 Å². The maximum Gasteiger partial charge on any atom is 2.00 e. The van der Waals surface area contributed by atoms with Crippen LogP contribution in [-0.2, 0) is 0 Å². The molecule has 0 saturated heterocycles. The molecule has 0 aliphatic rings. The third kappa shape index (κ3) is 1460. The van der Waals surface area contributed by atoms with Gasteiger partial charge in [-0.25, -0.2) is 0 Å². The average Bonchev–Trinajstić information content (AvgIpc) is 1.39. The predicted molar refractivity (Wildman–Crippen MR) is 25.7 cm³/mol. The minimum atomic E-state index is 0. The predicted octanol–water partition coefficient (Wildman–Crippen LogP) is -0.617. The summed E-state index contributed by atoms with van der Waals surface area (Å²) in [5, 5.41) is 4.00. The van der Waals surface area contributed by atoms with Gasteiger partial charge < -0.3 is 22.7 Å². The zero-order valence-corrected chi connectivity index (χ0v) is 7.13. The van der Waals surface area contributed by atoms with Crippen LogP contribution in [0.25, 0.3) is 11.1 Å². The molecule has 0 unspecified atom stereocenters. The Bertz CT molecular complexity index is 25.2. The van der Waals surface area contributed by atoms with Crippen LogP contribution in [0.2, 0.25) is 0 Å². The van der Waals surface area contributed by atoms with Gasteiger partial charge in [0.1, 0.15) is 0 Å². The van der Waals surface area contributed by atoms with Gasteiger partial charge >= 0.3 is 45.5 Å². The topological polar surface area (TPSA) is 121 Å². The molecule has 0 atom stereocenters. The van der Waals surface area contributed by atoms with Gasteiger partial charge in [-0.2, -0.15) is 0 Å². The maximum absolute atomic E-state index is 6.97. The second kappa shape index (κ2) is 33.7. The molecule has 0 aliphatic carbocycles. The minimum Gasteiger partial charge on any atom is -0.427 e. The maximum atomic E-state index is 6.97. The quantitative estimate of drug-likeness (QED) is 0.221. The third-order valence-corrected chi connectivity index (χ3v) is 0. The Kier molecular flexibility index (Phi) is 75.4. The molecular weight excluding hydrogens is 172 g/mol. The molecule has 0 saturated carbocycles. The summed E-state index contributed by atoms with van der Waals surface area (Å²) >= 11 is 0. The van der Waals surface area contributed by atoms with Gasteiger partial charge in [0.25, 0.3) is 0 Å². The van der Waals surface area contributed by atoms with Crippen LogP contribution in [0.15, 0.2) is 10.4 Å². The first-order chi connectivity index (χ1) is 2.83. The summed E-state index contributed by atoms with van der Waals surface area (Å²) in [6, 6.07) is 0. The van der Waals surface area contributed by atoms with Gasteiger partial charge in [0.15, 0.2) is 0 Å². The van der Waals surface area contributed by atoms with Gasteiger partial charge in [-0.3, -0.25) is 10.4 Å².